The van der Waals surface area contributed by atoms with Gasteiger partial charge in [-0.25, -0.2) is 0 Å². The molecule has 0 aromatic heterocycles. The molecular weight excluding hydrogens is 258 g/mol. The SMILES string of the molecule is CCCC1C2Cc3ccc(O)cc3[C@]1(CCC)CCN2C. The van der Waals surface area contributed by atoms with Crippen molar-refractivity contribution in [2.75, 3.05) is 13.6 Å². The Morgan fingerprint density at radius 2 is 2.10 bits per heavy atom. The molecule has 2 unspecified atom stereocenters. The number of nitrogens with zero attached hydrogens (tertiary/aromatic N) is 1. The molecule has 0 amide bonds. The van der Waals surface area contributed by atoms with Crippen molar-refractivity contribution in [3.8, 4) is 5.75 Å². The second-order valence-corrected chi connectivity index (χ2v) is 7.14. The molecule has 0 radical (unpaired) electrons. The lowest BCUT2D eigenvalue weighted by molar-refractivity contribution is 0.0197. The van der Waals surface area contributed by atoms with E-state index >= 15 is 0 Å². The zero-order valence-electron chi connectivity index (χ0n) is 13.7. The van der Waals surface area contributed by atoms with Crippen LogP contribution in [0.4, 0.5) is 0 Å². The zero-order chi connectivity index (χ0) is 15.0. The number of phenolic OH excluding ortho intramolecular Hbond substituents is 1. The highest BCUT2D eigenvalue weighted by Crippen LogP contribution is 2.53. The average molecular weight is 287 g/mol. The summed E-state index contributed by atoms with van der Waals surface area (Å²) < 4.78 is 0. The zero-order valence-corrected chi connectivity index (χ0v) is 13.7. The van der Waals surface area contributed by atoms with Crippen molar-refractivity contribution >= 4 is 0 Å². The van der Waals surface area contributed by atoms with Gasteiger partial charge in [-0.3, -0.25) is 0 Å². The molecule has 1 aromatic rings. The van der Waals surface area contributed by atoms with Crippen molar-refractivity contribution in [1.82, 2.24) is 4.90 Å². The van der Waals surface area contributed by atoms with Gasteiger partial charge >= 0.3 is 0 Å². The van der Waals surface area contributed by atoms with Gasteiger partial charge in [-0.1, -0.05) is 32.8 Å². The average Bonchev–Trinajstić information content (AvgIpc) is 2.46. The minimum atomic E-state index is 0.300. The predicted octanol–water partition coefficient (Wildman–Crippen LogP) is 4.11. The lowest BCUT2D eigenvalue weighted by atomic mass is 9.54. The number of rotatable bonds is 4. The van der Waals surface area contributed by atoms with Crippen molar-refractivity contribution in [3.63, 3.8) is 0 Å². The van der Waals surface area contributed by atoms with Crippen molar-refractivity contribution in [1.29, 1.82) is 0 Å². The number of fused-ring (bicyclic) bond motifs is 4. The van der Waals surface area contributed by atoms with Crippen LogP contribution >= 0.6 is 0 Å². The normalized spacial score (nSPS) is 32.0. The molecule has 1 heterocycles. The first-order chi connectivity index (χ1) is 10.1. The highest BCUT2D eigenvalue weighted by molar-refractivity contribution is 5.44. The molecule has 21 heavy (non-hydrogen) atoms. The first kappa shape index (κ1) is 14.9. The summed E-state index contributed by atoms with van der Waals surface area (Å²) in [6.07, 6.45) is 7.46. The summed E-state index contributed by atoms with van der Waals surface area (Å²) in [5.74, 6) is 1.19. The van der Waals surface area contributed by atoms with Crippen LogP contribution in [0, 0.1) is 5.92 Å². The van der Waals surface area contributed by atoms with Crippen LogP contribution in [-0.2, 0) is 11.8 Å². The molecule has 2 heteroatoms. The predicted molar refractivity (Wildman–Crippen MR) is 87.8 cm³/mol. The molecule has 1 fully saturated rings. The molecule has 0 saturated carbocycles. The maximum Gasteiger partial charge on any atom is 0.115 e. The van der Waals surface area contributed by atoms with Crippen molar-refractivity contribution in [2.24, 2.45) is 5.92 Å². The molecule has 116 valence electrons. The molecule has 1 saturated heterocycles. The third-order valence-corrected chi connectivity index (χ3v) is 6.01. The van der Waals surface area contributed by atoms with E-state index in [0.717, 1.165) is 12.3 Å². The fourth-order valence-corrected chi connectivity index (χ4v) is 5.14. The molecule has 2 nitrogen and oxygen atoms in total. The largest absolute Gasteiger partial charge is 0.508 e. The number of phenols is 1. The molecule has 1 N–H and O–H groups in total. The van der Waals surface area contributed by atoms with Crippen molar-refractivity contribution in [2.45, 2.75) is 63.8 Å². The van der Waals surface area contributed by atoms with E-state index in [-0.39, 0.29) is 0 Å². The summed E-state index contributed by atoms with van der Waals surface area (Å²) in [5, 5.41) is 10.0. The molecule has 3 rings (SSSR count). The first-order valence-electron chi connectivity index (χ1n) is 8.65. The lowest BCUT2D eigenvalue weighted by Crippen LogP contribution is -2.58. The maximum atomic E-state index is 10.0. The Balaban J connectivity index is 2.14. The molecule has 0 spiro atoms. The van der Waals surface area contributed by atoms with E-state index in [9.17, 15) is 5.11 Å². The van der Waals surface area contributed by atoms with Crippen LogP contribution in [-0.4, -0.2) is 29.6 Å². The second-order valence-electron chi connectivity index (χ2n) is 7.14. The molecule has 3 atom stereocenters. The summed E-state index contributed by atoms with van der Waals surface area (Å²) in [4.78, 5) is 2.59. The highest BCUT2D eigenvalue weighted by Gasteiger charge is 2.51. The fourth-order valence-electron chi connectivity index (χ4n) is 5.14. The van der Waals surface area contributed by atoms with E-state index in [1.54, 1.807) is 0 Å². The van der Waals surface area contributed by atoms with Crippen LogP contribution in [0.2, 0.25) is 0 Å². The molecule has 1 aromatic carbocycles. The van der Waals surface area contributed by atoms with Crippen LogP contribution in [0.1, 0.15) is 57.1 Å². The van der Waals surface area contributed by atoms with E-state index in [2.05, 4.69) is 37.9 Å². The topological polar surface area (TPSA) is 23.5 Å². The standard InChI is InChI=1S/C19H29NO/c1-4-6-16-18-12-14-7-8-15(21)13-17(14)19(16,9-5-2)10-11-20(18)3/h7-8,13,16,18,21H,4-6,9-12H2,1-3H3/t16?,18?,19-/m1/s1. The van der Waals surface area contributed by atoms with E-state index in [1.807, 2.05) is 6.07 Å². The first-order valence-corrected chi connectivity index (χ1v) is 8.65. The number of likely N-dealkylation sites (N-methyl/N-ethyl adjacent to an activating group) is 1. The second kappa shape index (κ2) is 5.64. The summed E-state index contributed by atoms with van der Waals surface area (Å²) in [5.41, 5.74) is 3.24. The van der Waals surface area contributed by atoms with E-state index in [4.69, 9.17) is 0 Å². The number of hydrogen-bond acceptors (Lipinski definition) is 2. The smallest absolute Gasteiger partial charge is 0.115 e. The number of piperidine rings is 1. The van der Waals surface area contributed by atoms with E-state index < -0.39 is 0 Å². The van der Waals surface area contributed by atoms with Crippen LogP contribution in [0.3, 0.4) is 0 Å². The van der Waals surface area contributed by atoms with Gasteiger partial charge in [0.05, 0.1) is 0 Å². The minimum absolute atomic E-state index is 0.300. The van der Waals surface area contributed by atoms with Crippen LogP contribution in [0.15, 0.2) is 18.2 Å². The van der Waals surface area contributed by atoms with Crippen LogP contribution < -0.4 is 0 Å². The third-order valence-electron chi connectivity index (χ3n) is 6.01. The number of hydrogen-bond donors (Lipinski definition) is 1. The van der Waals surface area contributed by atoms with Gasteiger partial charge in [0.2, 0.25) is 0 Å². The summed E-state index contributed by atoms with van der Waals surface area (Å²) in [6, 6.07) is 6.80. The van der Waals surface area contributed by atoms with Crippen molar-refractivity contribution in [3.05, 3.63) is 29.3 Å². The van der Waals surface area contributed by atoms with Gasteiger partial charge in [0.1, 0.15) is 5.75 Å². The molecule has 2 aliphatic rings. The van der Waals surface area contributed by atoms with Crippen LogP contribution in [0.5, 0.6) is 5.75 Å². The Morgan fingerprint density at radius 1 is 1.29 bits per heavy atom. The van der Waals surface area contributed by atoms with Gasteiger partial charge in [0.25, 0.3) is 0 Å². The van der Waals surface area contributed by atoms with Gasteiger partial charge in [-0.05, 0) is 68.5 Å². The van der Waals surface area contributed by atoms with Gasteiger partial charge in [-0.2, -0.15) is 0 Å². The number of aromatic hydroxyl groups is 1. The Morgan fingerprint density at radius 3 is 2.81 bits per heavy atom. The molecular formula is C19H29NO. The Kier molecular flexibility index (Phi) is 4.00. The number of benzene rings is 1. The van der Waals surface area contributed by atoms with Gasteiger partial charge in [0, 0.05) is 11.5 Å². The molecule has 2 bridgehead atoms. The van der Waals surface area contributed by atoms with Gasteiger partial charge < -0.3 is 10.0 Å². The summed E-state index contributed by atoms with van der Waals surface area (Å²) in [6.45, 7) is 5.81. The molecule has 1 aliphatic heterocycles. The van der Waals surface area contributed by atoms with Crippen molar-refractivity contribution < 1.29 is 5.11 Å². The maximum absolute atomic E-state index is 10.0. The Hall–Kier alpha value is -1.02. The molecule has 1 aliphatic carbocycles. The third kappa shape index (κ3) is 2.28. The quantitative estimate of drug-likeness (QED) is 0.901. The minimum Gasteiger partial charge on any atom is -0.508 e. The Bertz CT molecular complexity index is 512. The summed E-state index contributed by atoms with van der Waals surface area (Å²) in [7, 11) is 2.30. The Labute approximate surface area is 129 Å². The fraction of sp³-hybridized carbons (Fsp3) is 0.684. The van der Waals surface area contributed by atoms with E-state index in [1.165, 1.54) is 49.8 Å². The highest BCUT2D eigenvalue weighted by atomic mass is 16.3. The van der Waals surface area contributed by atoms with Crippen LogP contribution in [0.25, 0.3) is 0 Å². The monoisotopic (exact) mass is 287 g/mol. The number of likely N-dealkylation sites (tertiary alicyclic amines) is 1. The van der Waals surface area contributed by atoms with Gasteiger partial charge in [0.15, 0.2) is 0 Å². The van der Waals surface area contributed by atoms with E-state index in [0.29, 0.717) is 17.2 Å². The lowest BCUT2D eigenvalue weighted by Gasteiger charge is -2.56. The van der Waals surface area contributed by atoms with Gasteiger partial charge in [-0.15, -0.1) is 0 Å². The summed E-state index contributed by atoms with van der Waals surface area (Å²) >= 11 is 0.